The van der Waals surface area contributed by atoms with Crippen molar-refractivity contribution in [1.82, 2.24) is 14.6 Å². The van der Waals surface area contributed by atoms with Crippen LogP contribution < -0.4 is 5.32 Å². The summed E-state index contributed by atoms with van der Waals surface area (Å²) in [6.45, 7) is 1.88. The summed E-state index contributed by atoms with van der Waals surface area (Å²) < 4.78 is 1.80. The number of halogens is 1. The van der Waals surface area contributed by atoms with Crippen LogP contribution >= 0.6 is 34.7 Å². The second kappa shape index (κ2) is 7.72. The maximum Gasteiger partial charge on any atom is 0.234 e. The van der Waals surface area contributed by atoms with Gasteiger partial charge in [0.2, 0.25) is 5.91 Å². The van der Waals surface area contributed by atoms with Gasteiger partial charge < -0.3 is 5.32 Å². The molecule has 0 unspecified atom stereocenters. The van der Waals surface area contributed by atoms with E-state index in [1.54, 1.807) is 28.1 Å². The van der Waals surface area contributed by atoms with E-state index < -0.39 is 0 Å². The Labute approximate surface area is 169 Å². The first-order valence-electron chi connectivity index (χ1n) is 8.18. The van der Waals surface area contributed by atoms with Crippen LogP contribution in [0.1, 0.15) is 5.56 Å². The minimum absolute atomic E-state index is 0.104. The highest BCUT2D eigenvalue weighted by Gasteiger charge is 2.12. The molecule has 0 aliphatic heterocycles. The molecular weight excluding hydrogens is 400 g/mol. The molecule has 3 aromatic heterocycles. The molecule has 3 heterocycles. The maximum atomic E-state index is 12.4. The second-order valence-electron chi connectivity index (χ2n) is 5.82. The van der Waals surface area contributed by atoms with Gasteiger partial charge in [0.25, 0.3) is 0 Å². The Morgan fingerprint density at radius 2 is 2.22 bits per heavy atom. The van der Waals surface area contributed by atoms with Crippen LogP contribution in [0.5, 0.6) is 0 Å². The number of thiophene rings is 1. The van der Waals surface area contributed by atoms with Crippen molar-refractivity contribution in [1.29, 1.82) is 0 Å². The van der Waals surface area contributed by atoms with Crippen molar-refractivity contribution in [2.24, 2.45) is 0 Å². The summed E-state index contributed by atoms with van der Waals surface area (Å²) in [4.78, 5) is 17.9. The Morgan fingerprint density at radius 1 is 1.33 bits per heavy atom. The quantitative estimate of drug-likeness (QED) is 0.459. The topological polar surface area (TPSA) is 59.3 Å². The van der Waals surface area contributed by atoms with Gasteiger partial charge in [0.1, 0.15) is 10.7 Å². The van der Waals surface area contributed by atoms with Crippen LogP contribution in [0.2, 0.25) is 5.02 Å². The van der Waals surface area contributed by atoms with Crippen molar-refractivity contribution in [3.8, 4) is 10.6 Å². The van der Waals surface area contributed by atoms with E-state index in [-0.39, 0.29) is 11.7 Å². The van der Waals surface area contributed by atoms with E-state index in [0.29, 0.717) is 5.02 Å². The molecule has 0 saturated carbocycles. The van der Waals surface area contributed by atoms with Crippen molar-refractivity contribution >= 4 is 51.8 Å². The van der Waals surface area contributed by atoms with Gasteiger partial charge in [-0.25, -0.2) is 9.50 Å². The van der Waals surface area contributed by atoms with Gasteiger partial charge in [-0.15, -0.1) is 11.3 Å². The molecule has 1 aromatic carbocycles. The Bertz CT molecular complexity index is 1110. The summed E-state index contributed by atoms with van der Waals surface area (Å²) >= 11 is 9.13. The van der Waals surface area contributed by atoms with Gasteiger partial charge >= 0.3 is 0 Å². The van der Waals surface area contributed by atoms with Crippen LogP contribution in [0.4, 0.5) is 5.69 Å². The molecule has 0 aliphatic rings. The first-order valence-corrected chi connectivity index (χ1v) is 10.4. The zero-order valence-corrected chi connectivity index (χ0v) is 16.7. The molecule has 0 aliphatic carbocycles. The molecule has 0 spiro atoms. The molecule has 5 nitrogen and oxygen atoms in total. The van der Waals surface area contributed by atoms with Crippen molar-refractivity contribution in [3.05, 3.63) is 64.8 Å². The molecule has 4 rings (SSSR count). The fraction of sp³-hybridized carbons (Fsp3) is 0.105. The maximum absolute atomic E-state index is 12.4. The fourth-order valence-electron chi connectivity index (χ4n) is 2.62. The number of carbonyl (C=O) groups excluding carboxylic acids is 1. The third-order valence-electron chi connectivity index (χ3n) is 4.01. The van der Waals surface area contributed by atoms with Gasteiger partial charge in [-0.2, -0.15) is 5.10 Å². The highest BCUT2D eigenvalue weighted by Crippen LogP contribution is 2.29. The lowest BCUT2D eigenvalue weighted by Gasteiger charge is -2.09. The Kier molecular flexibility index (Phi) is 5.15. The lowest BCUT2D eigenvalue weighted by molar-refractivity contribution is -0.113. The molecule has 27 heavy (non-hydrogen) atoms. The zero-order chi connectivity index (χ0) is 18.8. The number of amides is 1. The van der Waals surface area contributed by atoms with Crippen LogP contribution in [0.25, 0.3) is 16.1 Å². The van der Waals surface area contributed by atoms with E-state index in [1.807, 2.05) is 48.8 Å². The predicted octanol–water partition coefficient (Wildman–Crippen LogP) is 5.15. The number of hydrogen-bond acceptors (Lipinski definition) is 5. The summed E-state index contributed by atoms with van der Waals surface area (Å²) in [5.41, 5.74) is 3.37. The molecule has 0 fully saturated rings. The van der Waals surface area contributed by atoms with Crippen LogP contribution in [0.15, 0.2) is 59.2 Å². The molecular formula is C19H15ClN4OS2. The Morgan fingerprint density at radius 3 is 3.04 bits per heavy atom. The number of rotatable bonds is 5. The number of benzene rings is 1. The summed E-state index contributed by atoms with van der Waals surface area (Å²) in [7, 11) is 0. The van der Waals surface area contributed by atoms with E-state index in [1.165, 1.54) is 11.8 Å². The number of anilines is 1. The Hall–Kier alpha value is -2.35. The number of carbonyl (C=O) groups is 1. The lowest BCUT2D eigenvalue weighted by Crippen LogP contribution is -2.15. The van der Waals surface area contributed by atoms with Gasteiger partial charge in [-0.1, -0.05) is 35.5 Å². The smallest absolute Gasteiger partial charge is 0.234 e. The highest BCUT2D eigenvalue weighted by atomic mass is 35.5. The summed E-state index contributed by atoms with van der Waals surface area (Å²) in [6, 6.07) is 11.5. The van der Waals surface area contributed by atoms with Crippen molar-refractivity contribution in [2.75, 3.05) is 11.1 Å². The van der Waals surface area contributed by atoms with Crippen LogP contribution in [0, 0.1) is 6.92 Å². The van der Waals surface area contributed by atoms with Gasteiger partial charge in [-0.05, 0) is 42.1 Å². The first kappa shape index (κ1) is 18.0. The van der Waals surface area contributed by atoms with Crippen LogP contribution in [-0.4, -0.2) is 26.3 Å². The highest BCUT2D eigenvalue weighted by molar-refractivity contribution is 8.00. The lowest BCUT2D eigenvalue weighted by atomic mass is 10.2. The third-order valence-corrected chi connectivity index (χ3v) is 6.31. The largest absolute Gasteiger partial charge is 0.325 e. The van der Waals surface area contributed by atoms with Gasteiger partial charge in [0.05, 0.1) is 16.1 Å². The molecule has 0 radical (unpaired) electrons. The van der Waals surface area contributed by atoms with Crippen LogP contribution in [-0.2, 0) is 4.79 Å². The van der Waals surface area contributed by atoms with E-state index in [4.69, 9.17) is 11.6 Å². The molecule has 0 atom stereocenters. The molecule has 0 saturated heterocycles. The summed E-state index contributed by atoms with van der Waals surface area (Å²) in [5.74, 6) is 0.144. The summed E-state index contributed by atoms with van der Waals surface area (Å²) in [6.07, 6.45) is 3.51. The average Bonchev–Trinajstić information content (AvgIpc) is 3.33. The second-order valence-corrected chi connectivity index (χ2v) is 8.14. The number of hydrogen-bond donors (Lipinski definition) is 1. The minimum Gasteiger partial charge on any atom is -0.325 e. The molecule has 4 aromatic rings. The standard InChI is InChI=1S/C19H15ClN4OS2/c1-12-13(20)4-2-5-14(12)22-18(25)11-27-19-16-10-15(17-6-3-9-26-17)23-24(16)8-7-21-19/h2-10H,11H2,1H3,(H,22,25). The van der Waals surface area contributed by atoms with Crippen molar-refractivity contribution in [3.63, 3.8) is 0 Å². The van der Waals surface area contributed by atoms with Gasteiger partial charge in [0, 0.05) is 23.1 Å². The Balaban J connectivity index is 1.50. The average molecular weight is 415 g/mol. The van der Waals surface area contributed by atoms with Crippen LogP contribution in [0.3, 0.4) is 0 Å². The number of nitrogens with zero attached hydrogens (tertiary/aromatic N) is 3. The van der Waals surface area contributed by atoms with Gasteiger partial charge in [0.15, 0.2) is 0 Å². The first-order chi connectivity index (χ1) is 13.1. The monoisotopic (exact) mass is 414 g/mol. The van der Waals surface area contributed by atoms with E-state index >= 15 is 0 Å². The number of fused-ring (bicyclic) bond motifs is 1. The third kappa shape index (κ3) is 3.85. The van der Waals surface area contributed by atoms with Gasteiger partial charge in [-0.3, -0.25) is 4.79 Å². The summed E-state index contributed by atoms with van der Waals surface area (Å²) in [5, 5.41) is 10.9. The molecule has 0 bridgehead atoms. The molecule has 1 amide bonds. The van der Waals surface area contributed by atoms with Crippen molar-refractivity contribution in [2.45, 2.75) is 11.9 Å². The SMILES string of the molecule is Cc1c(Cl)cccc1NC(=O)CSc1nccn2nc(-c3cccs3)cc12. The molecule has 8 heteroatoms. The predicted molar refractivity (Wildman–Crippen MR) is 112 cm³/mol. The fourth-order valence-corrected chi connectivity index (χ4v) is 4.25. The number of nitrogens with one attached hydrogen (secondary N) is 1. The van der Waals surface area contributed by atoms with E-state index in [2.05, 4.69) is 15.4 Å². The van der Waals surface area contributed by atoms with E-state index in [0.717, 1.165) is 32.4 Å². The zero-order valence-electron chi connectivity index (χ0n) is 14.3. The van der Waals surface area contributed by atoms with Crippen molar-refractivity contribution < 1.29 is 4.79 Å². The molecule has 1 N–H and O–H groups in total. The minimum atomic E-state index is -0.104. The molecule has 136 valence electrons. The normalized spacial score (nSPS) is 11.0. The number of thioether (sulfide) groups is 1. The number of aromatic nitrogens is 3. The van der Waals surface area contributed by atoms with E-state index in [9.17, 15) is 4.79 Å².